The predicted molar refractivity (Wildman–Crippen MR) is 63.5 cm³/mol. The highest BCUT2D eigenvalue weighted by Crippen LogP contribution is 2.59. The number of Topliss-reactive ketones (excluding diaryl/α,β-unsaturated/α-hetero) is 1. The van der Waals surface area contributed by atoms with Crippen molar-refractivity contribution in [3.05, 3.63) is 0 Å². The van der Waals surface area contributed by atoms with Gasteiger partial charge in [-0.25, -0.2) is 0 Å². The Morgan fingerprint density at radius 2 is 2.29 bits per heavy atom. The molecule has 3 fully saturated rings. The van der Waals surface area contributed by atoms with Gasteiger partial charge in [0, 0.05) is 18.9 Å². The largest absolute Gasteiger partial charge is 0.359 e. The van der Waals surface area contributed by atoms with Crippen LogP contribution in [0.4, 0.5) is 0 Å². The molecule has 0 N–H and O–H groups in total. The van der Waals surface area contributed by atoms with Gasteiger partial charge in [-0.1, -0.05) is 0 Å². The number of rotatable bonds is 3. The molecule has 0 aromatic heterocycles. The maximum atomic E-state index is 12.3. The minimum atomic E-state index is 0.0653. The summed E-state index contributed by atoms with van der Waals surface area (Å²) in [6.07, 6.45) is 7.94. The van der Waals surface area contributed by atoms with Gasteiger partial charge in [-0.15, -0.1) is 0 Å². The number of carbonyl (C=O) groups is 1. The van der Waals surface area contributed by atoms with Crippen molar-refractivity contribution >= 4 is 5.78 Å². The third-order valence-electron chi connectivity index (χ3n) is 5.31. The van der Waals surface area contributed by atoms with Crippen molar-refractivity contribution in [2.75, 3.05) is 13.9 Å². The lowest BCUT2D eigenvalue weighted by atomic mass is 9.63. The topological polar surface area (TPSA) is 35.5 Å². The van der Waals surface area contributed by atoms with E-state index in [-0.39, 0.29) is 5.41 Å². The quantitative estimate of drug-likeness (QED) is 0.709. The van der Waals surface area contributed by atoms with E-state index in [0.29, 0.717) is 30.5 Å². The lowest BCUT2D eigenvalue weighted by Gasteiger charge is -2.41. The molecule has 0 saturated heterocycles. The summed E-state index contributed by atoms with van der Waals surface area (Å²) in [4.78, 5) is 12.3. The molecule has 0 aliphatic heterocycles. The lowest BCUT2D eigenvalue weighted by Crippen LogP contribution is -2.41. The average Bonchev–Trinajstić information content (AvgIpc) is 2.64. The number of hydrogen-bond donors (Lipinski definition) is 0. The molecular weight excluding hydrogens is 216 g/mol. The Morgan fingerprint density at radius 3 is 3.12 bits per heavy atom. The van der Waals surface area contributed by atoms with Crippen LogP contribution < -0.4 is 0 Å². The zero-order valence-corrected chi connectivity index (χ0v) is 10.6. The van der Waals surface area contributed by atoms with Crippen LogP contribution >= 0.6 is 0 Å². The molecule has 3 heteroatoms. The zero-order chi connectivity index (χ0) is 11.9. The number of hydrogen-bond acceptors (Lipinski definition) is 3. The van der Waals surface area contributed by atoms with Crippen LogP contribution in [-0.2, 0) is 14.3 Å². The Morgan fingerprint density at radius 1 is 1.41 bits per heavy atom. The molecule has 0 aromatic rings. The van der Waals surface area contributed by atoms with Crippen LogP contribution in [0.15, 0.2) is 0 Å². The SMILES string of the molecule is COCO[C@H]1CC[C@]23C[C@H]1C[C@@H]2CCCC3=O. The van der Waals surface area contributed by atoms with Crippen LogP contribution in [-0.4, -0.2) is 25.8 Å². The molecule has 0 radical (unpaired) electrons. The van der Waals surface area contributed by atoms with Gasteiger partial charge < -0.3 is 9.47 Å². The van der Waals surface area contributed by atoms with Crippen LogP contribution in [0.5, 0.6) is 0 Å². The van der Waals surface area contributed by atoms with E-state index >= 15 is 0 Å². The van der Waals surface area contributed by atoms with Crippen molar-refractivity contribution in [3.63, 3.8) is 0 Å². The third kappa shape index (κ3) is 1.75. The number of fused-ring (bicyclic) bond motifs is 1. The van der Waals surface area contributed by atoms with E-state index in [4.69, 9.17) is 9.47 Å². The third-order valence-corrected chi connectivity index (χ3v) is 5.31. The molecular formula is C14H22O3. The molecule has 3 nitrogen and oxygen atoms in total. The summed E-state index contributed by atoms with van der Waals surface area (Å²) in [6, 6.07) is 0. The first-order valence-electron chi connectivity index (χ1n) is 6.90. The summed E-state index contributed by atoms with van der Waals surface area (Å²) >= 11 is 0. The van der Waals surface area contributed by atoms with Crippen molar-refractivity contribution < 1.29 is 14.3 Å². The Balaban J connectivity index is 1.74. The molecule has 96 valence electrons. The highest BCUT2D eigenvalue weighted by molar-refractivity contribution is 5.86. The van der Waals surface area contributed by atoms with E-state index in [1.807, 2.05) is 0 Å². The van der Waals surface area contributed by atoms with E-state index in [0.717, 1.165) is 32.1 Å². The van der Waals surface area contributed by atoms with Gasteiger partial charge in [0.2, 0.25) is 0 Å². The van der Waals surface area contributed by atoms with Crippen LogP contribution in [0, 0.1) is 17.3 Å². The van der Waals surface area contributed by atoms with Crippen molar-refractivity contribution in [1.29, 1.82) is 0 Å². The molecule has 0 unspecified atom stereocenters. The summed E-state index contributed by atoms with van der Waals surface area (Å²) < 4.78 is 10.8. The maximum Gasteiger partial charge on any atom is 0.146 e. The summed E-state index contributed by atoms with van der Waals surface area (Å²) in [5.41, 5.74) is 0.0653. The van der Waals surface area contributed by atoms with E-state index in [2.05, 4.69) is 0 Å². The van der Waals surface area contributed by atoms with E-state index in [9.17, 15) is 4.79 Å². The number of methoxy groups -OCH3 is 1. The smallest absolute Gasteiger partial charge is 0.146 e. The van der Waals surface area contributed by atoms with Crippen molar-refractivity contribution in [2.24, 2.45) is 17.3 Å². The molecule has 0 aromatic carbocycles. The van der Waals surface area contributed by atoms with Crippen molar-refractivity contribution in [1.82, 2.24) is 0 Å². The fourth-order valence-electron chi connectivity index (χ4n) is 4.54. The normalized spacial score (nSPS) is 44.8. The number of ether oxygens (including phenoxy) is 2. The minimum Gasteiger partial charge on any atom is -0.359 e. The summed E-state index contributed by atoms with van der Waals surface area (Å²) in [7, 11) is 1.67. The highest BCUT2D eigenvalue weighted by Gasteiger charge is 2.57. The van der Waals surface area contributed by atoms with Crippen LogP contribution in [0.1, 0.15) is 44.9 Å². The van der Waals surface area contributed by atoms with Gasteiger partial charge in [-0.3, -0.25) is 4.79 Å². The Kier molecular flexibility index (Phi) is 2.99. The van der Waals surface area contributed by atoms with Crippen molar-refractivity contribution in [2.45, 2.75) is 51.0 Å². The second kappa shape index (κ2) is 4.36. The highest BCUT2D eigenvalue weighted by atomic mass is 16.7. The van der Waals surface area contributed by atoms with Crippen LogP contribution in [0.25, 0.3) is 0 Å². The van der Waals surface area contributed by atoms with Gasteiger partial charge in [-0.2, -0.15) is 0 Å². The van der Waals surface area contributed by atoms with E-state index < -0.39 is 0 Å². The first-order valence-corrected chi connectivity index (χ1v) is 6.90. The molecule has 3 aliphatic carbocycles. The van der Waals surface area contributed by atoms with Gasteiger partial charge in [0.25, 0.3) is 0 Å². The number of ketones is 1. The number of carbonyl (C=O) groups excluding carboxylic acids is 1. The van der Waals surface area contributed by atoms with Crippen LogP contribution in [0.2, 0.25) is 0 Å². The molecule has 0 amide bonds. The Hall–Kier alpha value is -0.410. The zero-order valence-electron chi connectivity index (χ0n) is 10.6. The van der Waals surface area contributed by atoms with Gasteiger partial charge >= 0.3 is 0 Å². The predicted octanol–water partition coefficient (Wildman–Crippen LogP) is 2.53. The maximum absolute atomic E-state index is 12.3. The fourth-order valence-corrected chi connectivity index (χ4v) is 4.54. The van der Waals surface area contributed by atoms with Crippen LogP contribution in [0.3, 0.4) is 0 Å². The van der Waals surface area contributed by atoms with Gasteiger partial charge in [0.15, 0.2) is 0 Å². The lowest BCUT2D eigenvalue weighted by molar-refractivity contribution is -0.139. The standard InChI is InChI=1S/C14H22O3/c1-16-9-17-12-5-6-14-8-10(12)7-11(14)3-2-4-13(14)15/h10-12H,2-9H2,1H3/t10-,11+,12+,14+/m1/s1. The Bertz CT molecular complexity index is 315. The first kappa shape index (κ1) is 11.7. The molecule has 3 saturated carbocycles. The monoisotopic (exact) mass is 238 g/mol. The van der Waals surface area contributed by atoms with Crippen molar-refractivity contribution in [3.8, 4) is 0 Å². The summed E-state index contributed by atoms with van der Waals surface area (Å²) in [5.74, 6) is 1.82. The minimum absolute atomic E-state index is 0.0653. The summed E-state index contributed by atoms with van der Waals surface area (Å²) in [6.45, 7) is 0.396. The fraction of sp³-hybridized carbons (Fsp3) is 0.929. The molecule has 3 aliphatic rings. The molecule has 2 bridgehead atoms. The molecule has 0 heterocycles. The molecule has 1 spiro atoms. The first-order chi connectivity index (χ1) is 8.26. The molecule has 17 heavy (non-hydrogen) atoms. The van der Waals surface area contributed by atoms with Gasteiger partial charge in [0.1, 0.15) is 12.6 Å². The summed E-state index contributed by atoms with van der Waals surface area (Å²) in [5, 5.41) is 0. The second-order valence-electron chi connectivity index (χ2n) is 6.02. The molecule has 4 atom stereocenters. The Labute approximate surface area is 103 Å². The van der Waals surface area contributed by atoms with Gasteiger partial charge in [-0.05, 0) is 50.4 Å². The average molecular weight is 238 g/mol. The van der Waals surface area contributed by atoms with E-state index in [1.165, 1.54) is 12.8 Å². The second-order valence-corrected chi connectivity index (χ2v) is 6.02. The van der Waals surface area contributed by atoms with E-state index in [1.54, 1.807) is 7.11 Å². The van der Waals surface area contributed by atoms with Gasteiger partial charge in [0.05, 0.1) is 6.10 Å². The molecule has 3 rings (SSSR count).